The lowest BCUT2D eigenvalue weighted by Gasteiger charge is -2.21. The average molecular weight is 440 g/mol. The Balaban J connectivity index is 0.000000704. The Morgan fingerprint density at radius 1 is 1.00 bits per heavy atom. The molecule has 8 heteroatoms. The molecule has 2 atom stereocenters. The number of carbonyl (C=O) groups is 1. The van der Waals surface area contributed by atoms with Crippen molar-refractivity contribution in [1.29, 1.82) is 0 Å². The summed E-state index contributed by atoms with van der Waals surface area (Å²) in [6.45, 7) is 5.71. The van der Waals surface area contributed by atoms with E-state index in [9.17, 15) is 4.79 Å². The molecule has 0 amide bonds. The lowest BCUT2D eigenvalue weighted by Crippen LogP contribution is -2.44. The number of benzene rings is 2. The smallest absolute Gasteiger partial charge is 0.323 e. The van der Waals surface area contributed by atoms with E-state index in [1.807, 2.05) is 67.6 Å². The van der Waals surface area contributed by atoms with Crippen LogP contribution in [0.25, 0.3) is 0 Å². The maximum atomic E-state index is 11.7. The third-order valence-corrected chi connectivity index (χ3v) is 4.10. The van der Waals surface area contributed by atoms with Crippen molar-refractivity contribution in [3.8, 4) is 0 Å². The molecule has 7 nitrogen and oxygen atoms in total. The molecule has 2 aromatic carbocycles. The summed E-state index contributed by atoms with van der Waals surface area (Å²) >= 11 is 0. The minimum Gasteiger partial charge on any atom is -0.465 e. The minimum atomic E-state index is -0.331. The van der Waals surface area contributed by atoms with Gasteiger partial charge in [0.15, 0.2) is 0 Å². The maximum absolute atomic E-state index is 11.7. The van der Waals surface area contributed by atoms with Gasteiger partial charge in [0.05, 0.1) is 19.8 Å². The molecule has 0 spiro atoms. The van der Waals surface area contributed by atoms with Gasteiger partial charge in [-0.1, -0.05) is 67.6 Å². The van der Waals surface area contributed by atoms with E-state index in [-0.39, 0.29) is 30.3 Å². The molecular formula is C22H34ClN3O4. The number of ether oxygens (including phenoxy) is 1. The van der Waals surface area contributed by atoms with Crippen LogP contribution in [0.1, 0.15) is 25.0 Å². The molecule has 30 heavy (non-hydrogen) atoms. The SMILES string of the molecule is CCOC(=O)[C@@H](NC)[C@@H](C)CNOCc1ccccc1.Cl.NOCc1ccccc1. The van der Waals surface area contributed by atoms with Gasteiger partial charge in [0.1, 0.15) is 6.04 Å². The van der Waals surface area contributed by atoms with Crippen LogP contribution in [0.15, 0.2) is 60.7 Å². The number of nitrogens with two attached hydrogens (primary N) is 1. The second kappa shape index (κ2) is 17.8. The number of hydrogen-bond donors (Lipinski definition) is 3. The van der Waals surface area contributed by atoms with Crippen molar-refractivity contribution >= 4 is 18.4 Å². The van der Waals surface area contributed by atoms with Gasteiger partial charge in [0.2, 0.25) is 0 Å². The van der Waals surface area contributed by atoms with E-state index in [4.69, 9.17) is 15.5 Å². The van der Waals surface area contributed by atoms with Gasteiger partial charge in [-0.2, -0.15) is 0 Å². The van der Waals surface area contributed by atoms with E-state index in [0.29, 0.717) is 26.4 Å². The zero-order valence-corrected chi connectivity index (χ0v) is 18.7. The van der Waals surface area contributed by atoms with Crippen molar-refractivity contribution in [2.75, 3.05) is 20.2 Å². The standard InChI is InChI=1S/C15H24N2O3.C7H9NO.ClH/c1-4-19-15(18)14(16-3)12(2)10-17-20-11-13-8-6-5-7-9-13;8-9-6-7-4-2-1-3-5-7;/h5-9,12,14,16-17H,4,10-11H2,1-3H3;1-5H,6,8H2;1H/t12-,14-;;/m0../s1. The van der Waals surface area contributed by atoms with Gasteiger partial charge >= 0.3 is 5.97 Å². The van der Waals surface area contributed by atoms with Crippen LogP contribution in [-0.4, -0.2) is 32.2 Å². The molecule has 2 aromatic rings. The Kier molecular flexibility index (Phi) is 16.6. The number of rotatable bonds is 11. The molecule has 0 aliphatic heterocycles. The highest BCUT2D eigenvalue weighted by atomic mass is 35.5. The van der Waals surface area contributed by atoms with Crippen LogP contribution in [0.3, 0.4) is 0 Å². The number of carbonyl (C=O) groups excluding carboxylic acids is 1. The van der Waals surface area contributed by atoms with Crippen molar-refractivity contribution in [3.05, 3.63) is 71.8 Å². The monoisotopic (exact) mass is 439 g/mol. The van der Waals surface area contributed by atoms with Crippen LogP contribution in [0, 0.1) is 5.92 Å². The lowest BCUT2D eigenvalue weighted by molar-refractivity contribution is -0.147. The van der Waals surface area contributed by atoms with Crippen LogP contribution in [0.2, 0.25) is 0 Å². The molecule has 168 valence electrons. The van der Waals surface area contributed by atoms with Gasteiger partial charge in [-0.3, -0.25) is 14.5 Å². The molecule has 0 aromatic heterocycles. The van der Waals surface area contributed by atoms with E-state index >= 15 is 0 Å². The van der Waals surface area contributed by atoms with Crippen molar-refractivity contribution in [2.45, 2.75) is 33.1 Å². The quantitative estimate of drug-likeness (QED) is 0.281. The summed E-state index contributed by atoms with van der Waals surface area (Å²) in [7, 11) is 1.75. The lowest BCUT2D eigenvalue weighted by atomic mass is 10.0. The number of esters is 1. The van der Waals surface area contributed by atoms with E-state index < -0.39 is 0 Å². The minimum absolute atomic E-state index is 0. The predicted octanol–water partition coefficient (Wildman–Crippen LogP) is 2.99. The summed E-state index contributed by atoms with van der Waals surface area (Å²) in [6.07, 6.45) is 0. The highest BCUT2D eigenvalue weighted by Gasteiger charge is 2.24. The molecule has 2 rings (SSSR count). The number of nitrogens with one attached hydrogen (secondary N) is 2. The molecule has 0 unspecified atom stereocenters. The number of likely N-dealkylation sites (N-methyl/N-ethyl adjacent to an activating group) is 1. The topological polar surface area (TPSA) is 94.8 Å². The van der Waals surface area contributed by atoms with Gasteiger partial charge in [-0.25, -0.2) is 11.4 Å². The van der Waals surface area contributed by atoms with Crippen molar-refractivity contribution in [3.63, 3.8) is 0 Å². The Morgan fingerprint density at radius 3 is 2.00 bits per heavy atom. The summed E-state index contributed by atoms with van der Waals surface area (Å²) in [5.41, 5.74) is 5.10. The second-order valence-corrected chi connectivity index (χ2v) is 6.42. The van der Waals surface area contributed by atoms with Crippen LogP contribution in [-0.2, 0) is 32.4 Å². The molecule has 0 bridgehead atoms. The van der Waals surface area contributed by atoms with Crippen molar-refractivity contribution < 1.29 is 19.2 Å². The van der Waals surface area contributed by atoms with E-state index in [1.54, 1.807) is 14.0 Å². The van der Waals surface area contributed by atoms with Crippen molar-refractivity contribution in [2.24, 2.45) is 11.8 Å². The summed E-state index contributed by atoms with van der Waals surface area (Å²) in [5, 5.41) is 2.97. The Bertz CT molecular complexity index is 662. The van der Waals surface area contributed by atoms with E-state index in [0.717, 1.165) is 11.1 Å². The first kappa shape index (κ1) is 28.0. The fraction of sp³-hybridized carbons (Fsp3) is 0.409. The predicted molar refractivity (Wildman–Crippen MR) is 121 cm³/mol. The van der Waals surface area contributed by atoms with Gasteiger partial charge in [-0.05, 0) is 31.0 Å². The Hall–Kier alpha value is -2.00. The molecular weight excluding hydrogens is 406 g/mol. The average Bonchev–Trinajstić information content (AvgIpc) is 2.74. The first-order valence-electron chi connectivity index (χ1n) is 9.70. The molecule has 0 aliphatic carbocycles. The Morgan fingerprint density at radius 2 is 1.53 bits per heavy atom. The fourth-order valence-electron chi connectivity index (χ4n) is 2.55. The number of halogens is 1. The van der Waals surface area contributed by atoms with Gasteiger partial charge in [-0.15, -0.1) is 12.4 Å². The summed E-state index contributed by atoms with van der Waals surface area (Å²) < 4.78 is 5.02. The fourth-order valence-corrected chi connectivity index (χ4v) is 2.55. The highest BCUT2D eigenvalue weighted by molar-refractivity contribution is 5.85. The summed E-state index contributed by atoms with van der Waals surface area (Å²) in [4.78, 5) is 21.5. The van der Waals surface area contributed by atoms with Crippen LogP contribution in [0.4, 0.5) is 0 Å². The number of hydrogen-bond acceptors (Lipinski definition) is 7. The Labute approximate surface area is 185 Å². The second-order valence-electron chi connectivity index (χ2n) is 6.42. The van der Waals surface area contributed by atoms with Crippen LogP contribution >= 0.6 is 12.4 Å². The molecule has 0 saturated carbocycles. The first-order chi connectivity index (χ1) is 14.1. The van der Waals surface area contributed by atoms with Gasteiger partial charge < -0.3 is 10.1 Å². The molecule has 0 heterocycles. The third kappa shape index (κ3) is 11.9. The zero-order valence-electron chi connectivity index (χ0n) is 17.9. The normalized spacial score (nSPS) is 12.0. The summed E-state index contributed by atoms with van der Waals surface area (Å²) in [6, 6.07) is 19.4. The largest absolute Gasteiger partial charge is 0.465 e. The van der Waals surface area contributed by atoms with E-state index in [2.05, 4.69) is 15.6 Å². The first-order valence-corrected chi connectivity index (χ1v) is 9.70. The van der Waals surface area contributed by atoms with Crippen LogP contribution in [0.5, 0.6) is 0 Å². The van der Waals surface area contributed by atoms with Gasteiger partial charge in [0, 0.05) is 6.54 Å². The molecule has 0 radical (unpaired) electrons. The zero-order chi connectivity index (χ0) is 21.3. The van der Waals surface area contributed by atoms with Crippen LogP contribution < -0.4 is 16.7 Å². The maximum Gasteiger partial charge on any atom is 0.323 e. The molecule has 0 fully saturated rings. The molecule has 4 N–H and O–H groups in total. The molecule has 0 aliphatic rings. The summed E-state index contributed by atoms with van der Waals surface area (Å²) in [5.74, 6) is 4.70. The number of hydroxylamine groups is 1. The highest BCUT2D eigenvalue weighted by Crippen LogP contribution is 2.05. The molecule has 0 saturated heterocycles. The van der Waals surface area contributed by atoms with Crippen molar-refractivity contribution in [1.82, 2.24) is 10.8 Å². The van der Waals surface area contributed by atoms with Gasteiger partial charge in [0.25, 0.3) is 0 Å². The van der Waals surface area contributed by atoms with E-state index in [1.165, 1.54) is 0 Å². The third-order valence-electron chi connectivity index (χ3n) is 4.10.